The molecule has 146 valence electrons. The summed E-state index contributed by atoms with van der Waals surface area (Å²) in [6.45, 7) is 6.01. The second-order valence-electron chi connectivity index (χ2n) is 7.40. The summed E-state index contributed by atoms with van der Waals surface area (Å²) < 4.78 is 26.6. The first-order chi connectivity index (χ1) is 12.9. The summed E-state index contributed by atoms with van der Waals surface area (Å²) in [5.41, 5.74) is 0.756. The fourth-order valence-electron chi connectivity index (χ4n) is 3.49. The van der Waals surface area contributed by atoms with Gasteiger partial charge in [-0.15, -0.1) is 11.3 Å². The number of aromatic nitrogens is 1. The van der Waals surface area contributed by atoms with Crippen LogP contribution in [0.5, 0.6) is 0 Å². The van der Waals surface area contributed by atoms with Crippen LogP contribution in [0.1, 0.15) is 43.3 Å². The van der Waals surface area contributed by atoms with Gasteiger partial charge in [0.25, 0.3) is 0 Å². The van der Waals surface area contributed by atoms with Crippen molar-refractivity contribution in [1.29, 1.82) is 0 Å². The highest BCUT2D eigenvalue weighted by molar-refractivity contribution is 7.09. The number of rotatable bonds is 6. The van der Waals surface area contributed by atoms with Crippen LogP contribution in [-0.2, 0) is 11.3 Å². The third-order valence-corrected chi connectivity index (χ3v) is 5.80. The van der Waals surface area contributed by atoms with Gasteiger partial charge in [0.15, 0.2) is 11.6 Å². The third kappa shape index (κ3) is 5.11. The van der Waals surface area contributed by atoms with Crippen molar-refractivity contribution in [3.05, 3.63) is 52.0 Å². The SMILES string of the molecule is CC(C)C(=O)N[C@H](c1nccs1)[C@H]1CCCN(Cc2ccc(F)c(F)c2)C1. The van der Waals surface area contributed by atoms with E-state index in [1.165, 1.54) is 12.1 Å². The zero-order valence-corrected chi connectivity index (χ0v) is 16.4. The highest BCUT2D eigenvalue weighted by Gasteiger charge is 2.31. The second kappa shape index (κ2) is 8.89. The van der Waals surface area contributed by atoms with Crippen LogP contribution in [-0.4, -0.2) is 28.9 Å². The molecule has 1 aromatic carbocycles. The van der Waals surface area contributed by atoms with Crippen molar-refractivity contribution in [2.24, 2.45) is 11.8 Å². The molecule has 4 nitrogen and oxygen atoms in total. The molecule has 1 aliphatic rings. The Morgan fingerprint density at radius 3 is 2.85 bits per heavy atom. The van der Waals surface area contributed by atoms with Crippen LogP contribution in [0, 0.1) is 23.5 Å². The lowest BCUT2D eigenvalue weighted by Gasteiger charge is -2.37. The molecule has 1 aromatic heterocycles. The molecule has 3 rings (SSSR count). The Balaban J connectivity index is 1.71. The van der Waals surface area contributed by atoms with Gasteiger partial charge in [0.05, 0.1) is 6.04 Å². The molecule has 27 heavy (non-hydrogen) atoms. The second-order valence-corrected chi connectivity index (χ2v) is 8.32. The van der Waals surface area contributed by atoms with E-state index in [0.29, 0.717) is 6.54 Å². The lowest BCUT2D eigenvalue weighted by atomic mass is 9.90. The summed E-state index contributed by atoms with van der Waals surface area (Å²) in [6.07, 6.45) is 3.75. The molecule has 2 atom stereocenters. The van der Waals surface area contributed by atoms with Crippen LogP contribution in [0.3, 0.4) is 0 Å². The van der Waals surface area contributed by atoms with E-state index in [0.717, 1.165) is 36.5 Å². The molecule has 1 N–H and O–H groups in total. The minimum atomic E-state index is -0.824. The number of nitrogens with zero attached hydrogens (tertiary/aromatic N) is 2. The van der Waals surface area contributed by atoms with E-state index in [4.69, 9.17) is 0 Å². The number of nitrogens with one attached hydrogen (secondary N) is 1. The van der Waals surface area contributed by atoms with Gasteiger partial charge in [0.1, 0.15) is 5.01 Å². The molecule has 1 saturated heterocycles. The first kappa shape index (κ1) is 19.9. The van der Waals surface area contributed by atoms with Gasteiger partial charge in [-0.1, -0.05) is 19.9 Å². The average molecular weight is 394 g/mol. The highest BCUT2D eigenvalue weighted by Crippen LogP contribution is 2.32. The predicted octanol–water partition coefficient (Wildman–Crippen LogP) is 4.15. The van der Waals surface area contributed by atoms with E-state index < -0.39 is 11.6 Å². The van der Waals surface area contributed by atoms with Gasteiger partial charge in [-0.2, -0.15) is 0 Å². The number of hydrogen-bond acceptors (Lipinski definition) is 4. The highest BCUT2D eigenvalue weighted by atomic mass is 32.1. The molecule has 0 saturated carbocycles. The van der Waals surface area contributed by atoms with Crippen LogP contribution >= 0.6 is 11.3 Å². The van der Waals surface area contributed by atoms with E-state index in [1.807, 2.05) is 19.2 Å². The molecule has 2 heterocycles. The number of amides is 1. The van der Waals surface area contributed by atoms with Gasteiger partial charge in [0.2, 0.25) is 5.91 Å². The Labute approximate surface area is 162 Å². The average Bonchev–Trinajstić information content (AvgIpc) is 3.17. The van der Waals surface area contributed by atoms with Gasteiger partial charge >= 0.3 is 0 Å². The van der Waals surface area contributed by atoms with Crippen molar-refractivity contribution in [2.45, 2.75) is 39.3 Å². The fourth-order valence-corrected chi connectivity index (χ4v) is 4.27. The summed E-state index contributed by atoms with van der Waals surface area (Å²) in [5.74, 6) is -1.47. The number of hydrogen-bond donors (Lipinski definition) is 1. The molecule has 0 aliphatic carbocycles. The van der Waals surface area contributed by atoms with E-state index >= 15 is 0 Å². The Kier molecular flexibility index (Phi) is 6.55. The van der Waals surface area contributed by atoms with Crippen molar-refractivity contribution < 1.29 is 13.6 Å². The summed E-state index contributed by atoms with van der Waals surface area (Å²) in [6, 6.07) is 3.94. The predicted molar refractivity (Wildman–Crippen MR) is 102 cm³/mol. The van der Waals surface area contributed by atoms with Crippen molar-refractivity contribution in [2.75, 3.05) is 13.1 Å². The van der Waals surface area contributed by atoms with E-state index in [2.05, 4.69) is 15.2 Å². The minimum Gasteiger partial charge on any atom is -0.346 e. The van der Waals surface area contributed by atoms with Crippen molar-refractivity contribution >= 4 is 17.2 Å². The number of halogens is 2. The third-order valence-electron chi connectivity index (χ3n) is 4.94. The van der Waals surface area contributed by atoms with Crippen LogP contribution in [0.2, 0.25) is 0 Å². The Bertz CT molecular complexity index is 767. The molecule has 1 fully saturated rings. The molecule has 0 radical (unpaired) electrons. The lowest BCUT2D eigenvalue weighted by molar-refractivity contribution is -0.125. The molecule has 1 aliphatic heterocycles. The van der Waals surface area contributed by atoms with Crippen molar-refractivity contribution in [1.82, 2.24) is 15.2 Å². The van der Waals surface area contributed by atoms with Gasteiger partial charge in [-0.3, -0.25) is 9.69 Å². The maximum absolute atomic E-state index is 13.5. The molecule has 7 heteroatoms. The standard InChI is InChI=1S/C20H25F2N3OS/c1-13(2)19(26)24-18(20-23-7-9-27-20)15-4-3-8-25(12-15)11-14-5-6-16(21)17(22)10-14/h5-7,9-10,13,15,18H,3-4,8,11-12H2,1-2H3,(H,24,26)/t15-,18-/m0/s1. The first-order valence-electron chi connectivity index (χ1n) is 9.30. The lowest BCUT2D eigenvalue weighted by Crippen LogP contribution is -2.43. The van der Waals surface area contributed by atoms with E-state index in [-0.39, 0.29) is 23.8 Å². The maximum Gasteiger partial charge on any atom is 0.223 e. The topological polar surface area (TPSA) is 45.2 Å². The van der Waals surface area contributed by atoms with E-state index in [1.54, 1.807) is 23.6 Å². The van der Waals surface area contributed by atoms with Gasteiger partial charge in [-0.25, -0.2) is 13.8 Å². The first-order valence-corrected chi connectivity index (χ1v) is 10.2. The van der Waals surface area contributed by atoms with Gasteiger partial charge in [-0.05, 0) is 43.0 Å². The molecular formula is C20H25F2N3OS. The number of piperidine rings is 1. The summed E-state index contributed by atoms with van der Waals surface area (Å²) in [4.78, 5) is 19.0. The monoisotopic (exact) mass is 393 g/mol. The fraction of sp³-hybridized carbons (Fsp3) is 0.500. The van der Waals surface area contributed by atoms with Crippen LogP contribution in [0.15, 0.2) is 29.8 Å². The maximum atomic E-state index is 13.5. The van der Waals surface area contributed by atoms with Crippen LogP contribution < -0.4 is 5.32 Å². The smallest absolute Gasteiger partial charge is 0.223 e. The summed E-state index contributed by atoms with van der Waals surface area (Å²) >= 11 is 1.55. The summed E-state index contributed by atoms with van der Waals surface area (Å²) in [7, 11) is 0. The Hall–Kier alpha value is -1.86. The number of carbonyl (C=O) groups excluding carboxylic acids is 1. The molecule has 1 amide bonds. The van der Waals surface area contributed by atoms with Gasteiger partial charge in [0, 0.05) is 30.6 Å². The van der Waals surface area contributed by atoms with Crippen molar-refractivity contribution in [3.63, 3.8) is 0 Å². The Morgan fingerprint density at radius 1 is 1.37 bits per heavy atom. The number of likely N-dealkylation sites (tertiary alicyclic amines) is 1. The molecule has 0 unspecified atom stereocenters. The molecule has 0 spiro atoms. The quantitative estimate of drug-likeness (QED) is 0.802. The largest absolute Gasteiger partial charge is 0.346 e. The summed E-state index contributed by atoms with van der Waals surface area (Å²) in [5, 5.41) is 6.00. The minimum absolute atomic E-state index is 0.0212. The molecular weight excluding hydrogens is 368 g/mol. The zero-order valence-electron chi connectivity index (χ0n) is 15.6. The van der Waals surface area contributed by atoms with Crippen molar-refractivity contribution in [3.8, 4) is 0 Å². The Morgan fingerprint density at radius 2 is 2.19 bits per heavy atom. The molecule has 0 bridgehead atoms. The van der Waals surface area contributed by atoms with E-state index in [9.17, 15) is 13.6 Å². The molecule has 2 aromatic rings. The van der Waals surface area contributed by atoms with Gasteiger partial charge < -0.3 is 5.32 Å². The number of carbonyl (C=O) groups is 1. The number of thiazole rings is 1. The normalized spacial score (nSPS) is 19.2. The van der Waals surface area contributed by atoms with Crippen LogP contribution in [0.4, 0.5) is 8.78 Å². The number of benzene rings is 1. The van der Waals surface area contributed by atoms with Crippen LogP contribution in [0.25, 0.3) is 0 Å². The zero-order chi connectivity index (χ0) is 19.4.